The van der Waals surface area contributed by atoms with Gasteiger partial charge in [0.2, 0.25) is 0 Å². The van der Waals surface area contributed by atoms with Crippen molar-refractivity contribution in [3.05, 3.63) is 0 Å². The highest BCUT2D eigenvalue weighted by Gasteiger charge is 2.34. The van der Waals surface area contributed by atoms with Crippen molar-refractivity contribution in [2.24, 2.45) is 11.3 Å². The molecule has 0 aliphatic heterocycles. The zero-order chi connectivity index (χ0) is 9.90. The zero-order valence-corrected chi connectivity index (χ0v) is 9.69. The summed E-state index contributed by atoms with van der Waals surface area (Å²) in [5.41, 5.74) is 0.605. The molecule has 1 heteroatoms. The number of hydrogen-bond donors (Lipinski definition) is 1. The first-order chi connectivity index (χ1) is 6.09. The Bertz CT molecular complexity index is 151. The van der Waals surface area contributed by atoms with Crippen molar-refractivity contribution in [3.8, 4) is 0 Å². The highest BCUT2D eigenvalue weighted by molar-refractivity contribution is 4.88. The fourth-order valence-corrected chi connectivity index (χ4v) is 2.74. The average Bonchev–Trinajstić information content (AvgIpc) is 2.42. The van der Waals surface area contributed by atoms with Gasteiger partial charge in [0.1, 0.15) is 0 Å². The van der Waals surface area contributed by atoms with Gasteiger partial charge in [0.15, 0.2) is 0 Å². The largest absolute Gasteiger partial charge is 0.314 e. The molecular formula is C12H25N. The quantitative estimate of drug-likeness (QED) is 0.706. The van der Waals surface area contributed by atoms with Crippen LogP contribution in [0, 0.1) is 11.3 Å². The van der Waals surface area contributed by atoms with Crippen LogP contribution in [-0.2, 0) is 0 Å². The molecule has 0 spiro atoms. The van der Waals surface area contributed by atoms with Crippen LogP contribution < -0.4 is 5.32 Å². The lowest BCUT2D eigenvalue weighted by Crippen LogP contribution is -2.34. The lowest BCUT2D eigenvalue weighted by atomic mass is 9.88. The van der Waals surface area contributed by atoms with E-state index >= 15 is 0 Å². The minimum Gasteiger partial charge on any atom is -0.314 e. The maximum absolute atomic E-state index is 3.61. The number of rotatable bonds is 4. The van der Waals surface area contributed by atoms with Crippen molar-refractivity contribution in [2.75, 3.05) is 6.54 Å². The van der Waals surface area contributed by atoms with Gasteiger partial charge in [0.25, 0.3) is 0 Å². The third kappa shape index (κ3) is 2.98. The van der Waals surface area contributed by atoms with Crippen LogP contribution in [0.1, 0.15) is 53.4 Å². The average molecular weight is 183 g/mol. The van der Waals surface area contributed by atoms with Crippen LogP contribution >= 0.6 is 0 Å². The van der Waals surface area contributed by atoms with Gasteiger partial charge in [-0.05, 0) is 43.6 Å². The molecule has 0 bridgehead atoms. The van der Waals surface area contributed by atoms with Crippen LogP contribution in [0.25, 0.3) is 0 Å². The molecule has 0 aromatic rings. The highest BCUT2D eigenvalue weighted by Crippen LogP contribution is 2.42. The molecule has 1 aliphatic rings. The molecule has 13 heavy (non-hydrogen) atoms. The van der Waals surface area contributed by atoms with Crippen LogP contribution in [0.5, 0.6) is 0 Å². The van der Waals surface area contributed by atoms with E-state index in [1.54, 1.807) is 0 Å². The van der Waals surface area contributed by atoms with E-state index in [0.29, 0.717) is 5.41 Å². The molecule has 2 unspecified atom stereocenters. The predicted molar refractivity (Wildman–Crippen MR) is 58.9 cm³/mol. The van der Waals surface area contributed by atoms with E-state index in [9.17, 15) is 0 Å². The van der Waals surface area contributed by atoms with Crippen molar-refractivity contribution in [2.45, 2.75) is 59.4 Å². The molecule has 1 rings (SSSR count). The van der Waals surface area contributed by atoms with Gasteiger partial charge in [-0.2, -0.15) is 0 Å². The van der Waals surface area contributed by atoms with E-state index in [1.165, 1.54) is 25.7 Å². The Morgan fingerprint density at radius 2 is 2.08 bits per heavy atom. The van der Waals surface area contributed by atoms with E-state index in [0.717, 1.165) is 18.5 Å². The first kappa shape index (κ1) is 11.0. The van der Waals surface area contributed by atoms with Gasteiger partial charge in [-0.25, -0.2) is 0 Å². The molecule has 1 saturated carbocycles. The van der Waals surface area contributed by atoms with E-state index < -0.39 is 0 Å². The summed E-state index contributed by atoms with van der Waals surface area (Å²) in [5.74, 6) is 0.931. The minimum atomic E-state index is 0.605. The Morgan fingerprint density at radius 3 is 2.46 bits per heavy atom. The van der Waals surface area contributed by atoms with E-state index in [2.05, 4.69) is 33.0 Å². The summed E-state index contributed by atoms with van der Waals surface area (Å²) in [6, 6.07) is 0.770. The Morgan fingerprint density at radius 1 is 1.38 bits per heavy atom. The maximum atomic E-state index is 3.61. The molecule has 1 nitrogen and oxygen atoms in total. The third-order valence-electron chi connectivity index (χ3n) is 3.48. The summed E-state index contributed by atoms with van der Waals surface area (Å²) in [5, 5.41) is 3.61. The predicted octanol–water partition coefficient (Wildman–Crippen LogP) is 3.20. The fourth-order valence-electron chi connectivity index (χ4n) is 2.74. The fraction of sp³-hybridized carbons (Fsp3) is 1.00. The first-order valence-electron chi connectivity index (χ1n) is 5.82. The molecule has 0 aromatic heterocycles. The minimum absolute atomic E-state index is 0.605. The summed E-state index contributed by atoms with van der Waals surface area (Å²) >= 11 is 0. The van der Waals surface area contributed by atoms with Crippen molar-refractivity contribution >= 4 is 0 Å². The normalized spacial score (nSPS) is 29.1. The van der Waals surface area contributed by atoms with E-state index in [4.69, 9.17) is 0 Å². The Kier molecular flexibility index (Phi) is 3.78. The van der Waals surface area contributed by atoms with Gasteiger partial charge in [0.05, 0.1) is 0 Å². The van der Waals surface area contributed by atoms with Gasteiger partial charge >= 0.3 is 0 Å². The van der Waals surface area contributed by atoms with Crippen LogP contribution in [0.2, 0.25) is 0 Å². The number of hydrogen-bond acceptors (Lipinski definition) is 1. The van der Waals surface area contributed by atoms with Crippen LogP contribution in [-0.4, -0.2) is 12.6 Å². The standard InChI is InChI=1S/C12H25N/c1-5-11(13-6-2)10-7-8-12(3,4)9-10/h10-11,13H,5-9H2,1-4H3. The highest BCUT2D eigenvalue weighted by atomic mass is 14.9. The molecule has 1 N–H and O–H groups in total. The van der Waals surface area contributed by atoms with E-state index in [1.807, 2.05) is 0 Å². The van der Waals surface area contributed by atoms with E-state index in [-0.39, 0.29) is 0 Å². The van der Waals surface area contributed by atoms with Gasteiger partial charge in [0, 0.05) is 6.04 Å². The summed E-state index contributed by atoms with van der Waals surface area (Å²) in [6.45, 7) is 10.5. The van der Waals surface area contributed by atoms with Crippen LogP contribution in [0.3, 0.4) is 0 Å². The van der Waals surface area contributed by atoms with Gasteiger partial charge < -0.3 is 5.32 Å². The lowest BCUT2D eigenvalue weighted by Gasteiger charge is -2.24. The molecule has 1 fully saturated rings. The number of nitrogens with one attached hydrogen (secondary N) is 1. The van der Waals surface area contributed by atoms with Gasteiger partial charge in [-0.3, -0.25) is 0 Å². The molecule has 78 valence electrons. The van der Waals surface area contributed by atoms with Crippen molar-refractivity contribution in [3.63, 3.8) is 0 Å². The Hall–Kier alpha value is -0.0400. The summed E-state index contributed by atoms with van der Waals surface area (Å²) in [6.07, 6.45) is 5.55. The summed E-state index contributed by atoms with van der Waals surface area (Å²) < 4.78 is 0. The molecule has 0 saturated heterocycles. The smallest absolute Gasteiger partial charge is 0.00927 e. The second-order valence-electron chi connectivity index (χ2n) is 5.24. The monoisotopic (exact) mass is 183 g/mol. The molecule has 0 aromatic carbocycles. The van der Waals surface area contributed by atoms with Crippen LogP contribution in [0.4, 0.5) is 0 Å². The molecule has 0 radical (unpaired) electrons. The molecule has 0 heterocycles. The Balaban J connectivity index is 2.43. The Labute approximate surface area is 83.3 Å². The van der Waals surface area contributed by atoms with Crippen molar-refractivity contribution in [1.82, 2.24) is 5.32 Å². The lowest BCUT2D eigenvalue weighted by molar-refractivity contribution is 0.308. The van der Waals surface area contributed by atoms with Gasteiger partial charge in [-0.15, -0.1) is 0 Å². The summed E-state index contributed by atoms with van der Waals surface area (Å²) in [7, 11) is 0. The van der Waals surface area contributed by atoms with Crippen molar-refractivity contribution < 1.29 is 0 Å². The maximum Gasteiger partial charge on any atom is 0.00927 e. The molecule has 1 aliphatic carbocycles. The second kappa shape index (κ2) is 4.45. The van der Waals surface area contributed by atoms with Crippen molar-refractivity contribution in [1.29, 1.82) is 0 Å². The first-order valence-corrected chi connectivity index (χ1v) is 5.82. The third-order valence-corrected chi connectivity index (χ3v) is 3.48. The SMILES string of the molecule is CCNC(CC)C1CCC(C)(C)C1. The van der Waals surface area contributed by atoms with Crippen LogP contribution in [0.15, 0.2) is 0 Å². The molecular weight excluding hydrogens is 158 g/mol. The molecule has 2 atom stereocenters. The van der Waals surface area contributed by atoms with Gasteiger partial charge in [-0.1, -0.05) is 27.7 Å². The molecule has 0 amide bonds. The second-order valence-corrected chi connectivity index (χ2v) is 5.24. The topological polar surface area (TPSA) is 12.0 Å². The zero-order valence-electron chi connectivity index (χ0n) is 9.69. The summed E-state index contributed by atoms with van der Waals surface area (Å²) in [4.78, 5) is 0.